The minimum Gasteiger partial charge on any atom is -0.394 e. The molecule has 0 spiro atoms. The molecule has 3 heterocycles. The van der Waals surface area contributed by atoms with Crippen LogP contribution < -0.4 is 5.73 Å². The van der Waals surface area contributed by atoms with E-state index >= 15 is 0 Å². The quantitative estimate of drug-likeness (QED) is 0.491. The van der Waals surface area contributed by atoms with Crippen LogP contribution in [0.25, 0.3) is 11.2 Å². The van der Waals surface area contributed by atoms with Gasteiger partial charge in [-0.2, -0.15) is 0 Å². The number of rotatable bonds is 2. The molecule has 9 heteroatoms. The molecule has 0 radical (unpaired) electrons. The zero-order valence-corrected chi connectivity index (χ0v) is 9.79. The van der Waals surface area contributed by atoms with Gasteiger partial charge in [0.2, 0.25) is 0 Å². The van der Waals surface area contributed by atoms with E-state index in [0.29, 0.717) is 11.2 Å². The highest BCUT2D eigenvalue weighted by atomic mass is 16.6. The van der Waals surface area contributed by atoms with E-state index in [9.17, 15) is 10.2 Å². The van der Waals surface area contributed by atoms with E-state index in [4.69, 9.17) is 15.6 Å². The van der Waals surface area contributed by atoms with Gasteiger partial charge in [0.1, 0.15) is 30.2 Å². The molecular weight excluding hydrogens is 254 g/mol. The monoisotopic (exact) mass is 267 g/mol. The third kappa shape index (κ3) is 1.75. The van der Waals surface area contributed by atoms with E-state index in [1.165, 1.54) is 17.2 Å². The minimum atomic E-state index is -1.19. The lowest BCUT2D eigenvalue weighted by molar-refractivity contribution is -0.0511. The molecule has 2 aromatic heterocycles. The van der Waals surface area contributed by atoms with Crippen molar-refractivity contribution >= 4 is 17.0 Å². The molecule has 9 nitrogen and oxygen atoms in total. The maximum Gasteiger partial charge on any atom is 0.167 e. The Morgan fingerprint density at radius 2 is 2.05 bits per heavy atom. The SMILES string of the molecule is Nc1ncnc2c1ncn2C1O[C@H](CO)[C@@H](O)C1O. The van der Waals surface area contributed by atoms with E-state index in [1.54, 1.807) is 0 Å². The van der Waals surface area contributed by atoms with E-state index in [0.717, 1.165) is 0 Å². The van der Waals surface area contributed by atoms with Crippen molar-refractivity contribution in [2.45, 2.75) is 24.5 Å². The number of hydrogen-bond donors (Lipinski definition) is 4. The van der Waals surface area contributed by atoms with Gasteiger partial charge in [-0.3, -0.25) is 4.57 Å². The summed E-state index contributed by atoms with van der Waals surface area (Å²) in [5.41, 5.74) is 6.44. The maximum absolute atomic E-state index is 9.95. The van der Waals surface area contributed by atoms with E-state index in [2.05, 4.69) is 15.0 Å². The van der Waals surface area contributed by atoms with Crippen LogP contribution in [-0.4, -0.2) is 59.8 Å². The van der Waals surface area contributed by atoms with Crippen molar-refractivity contribution in [1.82, 2.24) is 19.5 Å². The fraction of sp³-hybridized carbons (Fsp3) is 0.500. The first kappa shape index (κ1) is 12.2. The number of nitrogens with two attached hydrogens (primary N) is 1. The first-order chi connectivity index (χ1) is 9.13. The van der Waals surface area contributed by atoms with Crippen LogP contribution in [0.5, 0.6) is 0 Å². The summed E-state index contributed by atoms with van der Waals surface area (Å²) in [6.45, 7) is -0.390. The summed E-state index contributed by atoms with van der Waals surface area (Å²) in [5.74, 6) is 0.218. The summed E-state index contributed by atoms with van der Waals surface area (Å²) >= 11 is 0. The number of anilines is 1. The molecule has 1 aliphatic heterocycles. The van der Waals surface area contributed by atoms with Gasteiger partial charge in [0, 0.05) is 0 Å². The summed E-state index contributed by atoms with van der Waals surface area (Å²) in [6.07, 6.45) is -1.42. The molecule has 0 bridgehead atoms. The first-order valence-corrected chi connectivity index (χ1v) is 5.69. The van der Waals surface area contributed by atoms with Crippen molar-refractivity contribution in [3.8, 4) is 0 Å². The number of nitrogens with zero attached hydrogens (tertiary/aromatic N) is 4. The average Bonchev–Trinajstić information content (AvgIpc) is 2.94. The Balaban J connectivity index is 2.04. The molecule has 3 rings (SSSR count). The molecule has 2 unspecified atom stereocenters. The summed E-state index contributed by atoms with van der Waals surface area (Å²) in [6, 6.07) is 0. The highest BCUT2D eigenvalue weighted by molar-refractivity contribution is 5.81. The van der Waals surface area contributed by atoms with Gasteiger partial charge >= 0.3 is 0 Å². The minimum absolute atomic E-state index is 0.218. The maximum atomic E-state index is 9.95. The van der Waals surface area contributed by atoms with Crippen LogP contribution in [0.2, 0.25) is 0 Å². The molecule has 19 heavy (non-hydrogen) atoms. The smallest absolute Gasteiger partial charge is 0.167 e. The Hall–Kier alpha value is -1.81. The largest absolute Gasteiger partial charge is 0.394 e. The zero-order valence-electron chi connectivity index (χ0n) is 9.79. The van der Waals surface area contributed by atoms with Crippen LogP contribution in [0.1, 0.15) is 6.23 Å². The van der Waals surface area contributed by atoms with Crippen molar-refractivity contribution in [3.63, 3.8) is 0 Å². The number of aliphatic hydroxyl groups excluding tert-OH is 3. The lowest BCUT2D eigenvalue weighted by Gasteiger charge is -2.16. The van der Waals surface area contributed by atoms with Gasteiger partial charge < -0.3 is 25.8 Å². The molecule has 0 aromatic carbocycles. The first-order valence-electron chi connectivity index (χ1n) is 5.69. The topological polar surface area (TPSA) is 140 Å². The van der Waals surface area contributed by atoms with Crippen molar-refractivity contribution in [1.29, 1.82) is 0 Å². The highest BCUT2D eigenvalue weighted by Gasteiger charge is 2.43. The molecule has 1 saturated heterocycles. The van der Waals surface area contributed by atoms with Gasteiger partial charge in [-0.15, -0.1) is 0 Å². The van der Waals surface area contributed by atoms with Crippen LogP contribution in [0.15, 0.2) is 12.7 Å². The lowest BCUT2D eigenvalue weighted by atomic mass is 10.1. The number of fused-ring (bicyclic) bond motifs is 1. The Labute approximate surface area is 107 Å². The van der Waals surface area contributed by atoms with Gasteiger partial charge in [0.25, 0.3) is 0 Å². The van der Waals surface area contributed by atoms with E-state index < -0.39 is 31.1 Å². The number of aliphatic hydroxyl groups is 3. The van der Waals surface area contributed by atoms with Crippen molar-refractivity contribution in [2.24, 2.45) is 0 Å². The predicted molar refractivity (Wildman–Crippen MR) is 62.7 cm³/mol. The normalized spacial score (nSPS) is 31.1. The van der Waals surface area contributed by atoms with Crippen LogP contribution in [0, 0.1) is 0 Å². The van der Waals surface area contributed by atoms with Crippen LogP contribution in [-0.2, 0) is 4.74 Å². The Morgan fingerprint density at radius 1 is 1.26 bits per heavy atom. The highest BCUT2D eigenvalue weighted by Crippen LogP contribution is 2.31. The van der Waals surface area contributed by atoms with Crippen molar-refractivity contribution < 1.29 is 20.1 Å². The number of imidazole rings is 1. The third-order valence-electron chi connectivity index (χ3n) is 3.18. The van der Waals surface area contributed by atoms with Crippen LogP contribution in [0.4, 0.5) is 5.82 Å². The summed E-state index contributed by atoms with van der Waals surface area (Å²) < 4.78 is 6.85. The standard InChI is InChI=1S/C10H13N5O4/c11-8-5-9(13-2-12-8)15(3-14-5)10-7(18)6(17)4(1-16)19-10/h2-4,6-7,10,16-18H,1H2,(H2,11,12,13)/t4-,6-,7?,10?/m1/s1. The molecule has 4 atom stereocenters. The van der Waals surface area contributed by atoms with E-state index in [1.807, 2.05) is 0 Å². The van der Waals surface area contributed by atoms with E-state index in [-0.39, 0.29) is 5.82 Å². The molecule has 0 aliphatic carbocycles. The van der Waals surface area contributed by atoms with Crippen LogP contribution in [0.3, 0.4) is 0 Å². The molecule has 0 amide bonds. The molecule has 1 fully saturated rings. The van der Waals surface area contributed by atoms with Crippen LogP contribution >= 0.6 is 0 Å². The summed E-state index contributed by atoms with van der Waals surface area (Å²) in [5, 5.41) is 28.7. The third-order valence-corrected chi connectivity index (χ3v) is 3.18. The fourth-order valence-electron chi connectivity index (χ4n) is 2.17. The van der Waals surface area contributed by atoms with Crippen molar-refractivity contribution in [3.05, 3.63) is 12.7 Å². The molecule has 5 N–H and O–H groups in total. The number of ether oxygens (including phenoxy) is 1. The Morgan fingerprint density at radius 3 is 2.74 bits per heavy atom. The van der Waals surface area contributed by atoms with Gasteiger partial charge in [-0.1, -0.05) is 0 Å². The van der Waals surface area contributed by atoms with Gasteiger partial charge in [-0.25, -0.2) is 15.0 Å². The van der Waals surface area contributed by atoms with Crippen molar-refractivity contribution in [2.75, 3.05) is 12.3 Å². The molecule has 1 aliphatic rings. The molecule has 102 valence electrons. The van der Waals surface area contributed by atoms with Gasteiger partial charge in [0.15, 0.2) is 17.7 Å². The fourth-order valence-corrected chi connectivity index (χ4v) is 2.17. The average molecular weight is 267 g/mol. The molecular formula is C10H13N5O4. The second-order valence-corrected chi connectivity index (χ2v) is 4.31. The second kappa shape index (κ2) is 4.38. The summed E-state index contributed by atoms with van der Waals surface area (Å²) in [7, 11) is 0. The molecule has 0 saturated carbocycles. The summed E-state index contributed by atoms with van der Waals surface area (Å²) in [4.78, 5) is 11.9. The Kier molecular flexibility index (Phi) is 2.82. The second-order valence-electron chi connectivity index (χ2n) is 4.31. The predicted octanol–water partition coefficient (Wildman–Crippen LogP) is -1.98. The Bertz CT molecular complexity index is 603. The zero-order chi connectivity index (χ0) is 13.6. The number of nitrogen functional groups attached to an aromatic ring is 1. The molecule has 2 aromatic rings. The van der Waals surface area contributed by atoms with Gasteiger partial charge in [0.05, 0.1) is 12.9 Å². The number of aromatic nitrogens is 4. The van der Waals surface area contributed by atoms with Gasteiger partial charge in [-0.05, 0) is 0 Å². The number of hydrogen-bond acceptors (Lipinski definition) is 8. The lowest BCUT2D eigenvalue weighted by Crippen LogP contribution is -2.33.